The fourth-order valence-electron chi connectivity index (χ4n) is 3.53. The second kappa shape index (κ2) is 7.29. The lowest BCUT2D eigenvalue weighted by Crippen LogP contribution is -2.35. The molecule has 3 aromatic rings. The lowest BCUT2D eigenvalue weighted by molar-refractivity contribution is -0.122. The highest BCUT2D eigenvalue weighted by Crippen LogP contribution is 2.22. The van der Waals surface area contributed by atoms with E-state index in [1.54, 1.807) is 13.1 Å². The van der Waals surface area contributed by atoms with Crippen LogP contribution in [0.5, 0.6) is 0 Å². The van der Waals surface area contributed by atoms with Crippen LogP contribution in [0.25, 0.3) is 11.1 Å². The molecule has 0 aromatic carbocycles. The predicted molar refractivity (Wildman–Crippen MR) is 99.9 cm³/mol. The monoisotopic (exact) mass is 384 g/mol. The average Bonchev–Trinajstić information content (AvgIpc) is 3.36. The zero-order chi connectivity index (χ0) is 19.7. The van der Waals surface area contributed by atoms with Crippen molar-refractivity contribution < 1.29 is 14.0 Å². The van der Waals surface area contributed by atoms with Gasteiger partial charge in [0.05, 0.1) is 23.8 Å². The van der Waals surface area contributed by atoms with Crippen molar-refractivity contribution in [3.8, 4) is 0 Å². The Morgan fingerprint density at radius 1 is 1.36 bits per heavy atom. The molecule has 10 nitrogen and oxygen atoms in total. The highest BCUT2D eigenvalue weighted by atomic mass is 16.3. The van der Waals surface area contributed by atoms with Crippen molar-refractivity contribution in [3.63, 3.8) is 0 Å². The quantitative estimate of drug-likeness (QED) is 0.607. The van der Waals surface area contributed by atoms with Crippen LogP contribution in [0.2, 0.25) is 0 Å². The maximum absolute atomic E-state index is 12.7. The number of hydrogen-bond acceptors (Lipinski definition) is 6. The van der Waals surface area contributed by atoms with Crippen molar-refractivity contribution in [1.29, 1.82) is 0 Å². The molecule has 0 bridgehead atoms. The first-order chi connectivity index (χ1) is 13.5. The molecule has 0 aliphatic heterocycles. The van der Waals surface area contributed by atoms with Gasteiger partial charge in [0.1, 0.15) is 17.7 Å². The molecule has 3 aromatic heterocycles. The summed E-state index contributed by atoms with van der Waals surface area (Å²) in [5, 5.41) is 9.87. The van der Waals surface area contributed by atoms with E-state index >= 15 is 0 Å². The first kappa shape index (κ1) is 18.0. The number of furan rings is 1. The summed E-state index contributed by atoms with van der Waals surface area (Å²) in [6.07, 6.45) is 8.53. The molecule has 3 N–H and O–H groups in total. The highest BCUT2D eigenvalue weighted by molar-refractivity contribution is 6.12. The number of nitrogens with zero attached hydrogens (tertiary/aromatic N) is 3. The Kier molecular flexibility index (Phi) is 4.68. The first-order valence-electron chi connectivity index (χ1n) is 9.11. The number of fused-ring (bicyclic) bond motifs is 1. The number of aromatic amines is 1. The van der Waals surface area contributed by atoms with Crippen molar-refractivity contribution in [2.45, 2.75) is 45.2 Å². The number of aryl methyl sites for hydroxylation is 1. The Hall–Kier alpha value is -3.43. The van der Waals surface area contributed by atoms with Crippen LogP contribution in [0.4, 0.5) is 5.69 Å². The molecule has 1 aliphatic carbocycles. The van der Waals surface area contributed by atoms with E-state index in [9.17, 15) is 14.4 Å². The van der Waals surface area contributed by atoms with Crippen LogP contribution in [0.1, 0.15) is 41.8 Å². The summed E-state index contributed by atoms with van der Waals surface area (Å²) < 4.78 is 6.85. The summed E-state index contributed by atoms with van der Waals surface area (Å²) in [7, 11) is 0. The Labute approximate surface area is 159 Å². The molecule has 10 heteroatoms. The smallest absolute Gasteiger partial charge is 0.262 e. The largest absolute Gasteiger partial charge is 0.442 e. The van der Waals surface area contributed by atoms with Gasteiger partial charge in [0, 0.05) is 12.2 Å². The minimum Gasteiger partial charge on any atom is -0.442 e. The van der Waals surface area contributed by atoms with Crippen LogP contribution < -0.4 is 16.2 Å². The number of carbonyl (C=O) groups is 2. The van der Waals surface area contributed by atoms with Crippen molar-refractivity contribution in [3.05, 3.63) is 40.4 Å². The minimum atomic E-state index is -0.510. The van der Waals surface area contributed by atoms with E-state index in [1.165, 1.54) is 17.2 Å². The Bertz CT molecular complexity index is 1090. The standard InChI is InChI=1S/C18H20N6O4/c1-10-14(15-16(26)19-9-20-18(15)28-10)17(27)23-12-6-21-24(7-12)8-13(25)22-11-4-2-3-5-11/h6-7,9,11H,2-5,8H2,1H3,(H,22,25)(H,23,27)(H,19,20,26). The molecule has 28 heavy (non-hydrogen) atoms. The molecule has 0 radical (unpaired) electrons. The van der Waals surface area contributed by atoms with Crippen molar-refractivity contribution in [2.24, 2.45) is 0 Å². The molecule has 0 spiro atoms. The van der Waals surface area contributed by atoms with Crippen molar-refractivity contribution in [2.75, 3.05) is 5.32 Å². The molecule has 0 unspecified atom stereocenters. The third kappa shape index (κ3) is 3.53. The molecule has 1 fully saturated rings. The summed E-state index contributed by atoms with van der Waals surface area (Å²) in [6.45, 7) is 1.66. The Morgan fingerprint density at radius 3 is 2.93 bits per heavy atom. The van der Waals surface area contributed by atoms with Crippen LogP contribution >= 0.6 is 0 Å². The predicted octanol–water partition coefficient (Wildman–Crippen LogP) is 1.33. The van der Waals surface area contributed by atoms with Gasteiger partial charge in [0.2, 0.25) is 11.6 Å². The van der Waals surface area contributed by atoms with Gasteiger partial charge < -0.3 is 20.0 Å². The average molecular weight is 384 g/mol. The zero-order valence-electron chi connectivity index (χ0n) is 15.3. The van der Waals surface area contributed by atoms with Crippen LogP contribution in [0.3, 0.4) is 0 Å². The number of rotatable bonds is 5. The fraction of sp³-hybridized carbons (Fsp3) is 0.389. The van der Waals surface area contributed by atoms with E-state index in [-0.39, 0.29) is 35.2 Å². The van der Waals surface area contributed by atoms with Gasteiger partial charge in [-0.05, 0) is 19.8 Å². The molecule has 1 aliphatic rings. The van der Waals surface area contributed by atoms with Crippen LogP contribution in [-0.4, -0.2) is 37.6 Å². The van der Waals surface area contributed by atoms with Gasteiger partial charge in [-0.3, -0.25) is 19.1 Å². The van der Waals surface area contributed by atoms with E-state index < -0.39 is 11.5 Å². The topological polar surface area (TPSA) is 135 Å². The third-order valence-corrected chi connectivity index (χ3v) is 4.81. The second-order valence-corrected chi connectivity index (χ2v) is 6.87. The molecular formula is C18H20N6O4. The first-order valence-corrected chi connectivity index (χ1v) is 9.11. The van der Waals surface area contributed by atoms with E-state index in [4.69, 9.17) is 4.42 Å². The number of carbonyl (C=O) groups excluding carboxylic acids is 2. The molecule has 1 saturated carbocycles. The number of anilines is 1. The number of aromatic nitrogens is 4. The van der Waals surface area contributed by atoms with E-state index in [1.807, 2.05) is 0 Å². The summed E-state index contributed by atoms with van der Waals surface area (Å²) >= 11 is 0. The molecule has 146 valence electrons. The van der Waals surface area contributed by atoms with Gasteiger partial charge in [-0.15, -0.1) is 0 Å². The Morgan fingerprint density at radius 2 is 2.14 bits per heavy atom. The van der Waals surface area contributed by atoms with E-state index in [2.05, 4.69) is 25.7 Å². The number of H-pyrrole nitrogens is 1. The molecule has 4 rings (SSSR count). The SMILES string of the molecule is Cc1oc2nc[nH]c(=O)c2c1C(=O)Nc1cnn(CC(=O)NC2CCCC2)c1. The maximum atomic E-state index is 12.7. The zero-order valence-corrected chi connectivity index (χ0v) is 15.3. The van der Waals surface area contributed by atoms with Crippen LogP contribution in [0.15, 0.2) is 27.9 Å². The Balaban J connectivity index is 1.45. The number of hydrogen-bond donors (Lipinski definition) is 3. The molecule has 2 amide bonds. The summed E-state index contributed by atoms with van der Waals surface area (Å²) in [6, 6.07) is 0.242. The molecule has 3 heterocycles. The number of nitrogens with one attached hydrogen (secondary N) is 3. The van der Waals surface area contributed by atoms with Crippen molar-refractivity contribution in [1.82, 2.24) is 25.1 Å². The lowest BCUT2D eigenvalue weighted by atomic mass is 10.2. The molecule has 0 saturated heterocycles. The van der Waals surface area contributed by atoms with Gasteiger partial charge in [-0.1, -0.05) is 12.8 Å². The maximum Gasteiger partial charge on any atom is 0.262 e. The highest BCUT2D eigenvalue weighted by Gasteiger charge is 2.22. The third-order valence-electron chi connectivity index (χ3n) is 4.81. The second-order valence-electron chi connectivity index (χ2n) is 6.87. The van der Waals surface area contributed by atoms with Crippen LogP contribution in [0, 0.1) is 6.92 Å². The molecule has 0 atom stereocenters. The summed E-state index contributed by atoms with van der Waals surface area (Å²) in [4.78, 5) is 43.2. The van der Waals surface area contributed by atoms with E-state index in [0.717, 1.165) is 25.7 Å². The van der Waals surface area contributed by atoms with Crippen LogP contribution in [-0.2, 0) is 11.3 Å². The van der Waals surface area contributed by atoms with Gasteiger partial charge in [-0.2, -0.15) is 5.10 Å². The van der Waals surface area contributed by atoms with Gasteiger partial charge in [0.25, 0.3) is 11.5 Å². The minimum absolute atomic E-state index is 0.0730. The lowest BCUT2D eigenvalue weighted by Gasteiger charge is -2.11. The van der Waals surface area contributed by atoms with Gasteiger partial charge >= 0.3 is 0 Å². The van der Waals surface area contributed by atoms with Gasteiger partial charge in [-0.25, -0.2) is 4.98 Å². The summed E-state index contributed by atoms with van der Waals surface area (Å²) in [5.41, 5.74) is 0.181. The van der Waals surface area contributed by atoms with Crippen molar-refractivity contribution >= 4 is 28.6 Å². The summed E-state index contributed by atoms with van der Waals surface area (Å²) in [5.74, 6) is -0.327. The normalized spacial score (nSPS) is 14.5. The number of amides is 2. The fourth-order valence-corrected chi connectivity index (χ4v) is 3.53. The van der Waals surface area contributed by atoms with E-state index in [0.29, 0.717) is 11.4 Å². The molecular weight excluding hydrogens is 364 g/mol. The van der Waals surface area contributed by atoms with Gasteiger partial charge in [0.15, 0.2) is 0 Å².